The van der Waals surface area contributed by atoms with E-state index in [1.165, 1.54) is 14.1 Å². The van der Waals surface area contributed by atoms with Crippen LogP contribution >= 0.6 is 0 Å². The molecular formula is C10H14N2O6S. The predicted molar refractivity (Wildman–Crippen MR) is 64.2 cm³/mol. The molecular weight excluding hydrogens is 276 g/mol. The minimum atomic E-state index is -3.93. The molecule has 0 aromatic carbocycles. The van der Waals surface area contributed by atoms with Gasteiger partial charge in [0, 0.05) is 27.1 Å². The number of nitrogens with one attached hydrogen (secondary N) is 1. The van der Waals surface area contributed by atoms with Gasteiger partial charge in [0.15, 0.2) is 0 Å². The third kappa shape index (κ3) is 3.55. The molecule has 1 amide bonds. The van der Waals surface area contributed by atoms with Crippen LogP contribution in [0.3, 0.4) is 0 Å². The van der Waals surface area contributed by atoms with E-state index in [1.54, 1.807) is 0 Å². The van der Waals surface area contributed by atoms with E-state index in [4.69, 9.17) is 9.52 Å². The maximum Gasteiger partial charge on any atom is 0.371 e. The van der Waals surface area contributed by atoms with Gasteiger partial charge in [-0.2, -0.15) is 4.31 Å². The third-order valence-corrected chi connectivity index (χ3v) is 4.12. The van der Waals surface area contributed by atoms with Crippen LogP contribution in [0, 0.1) is 0 Å². The van der Waals surface area contributed by atoms with Crippen LogP contribution in [0.5, 0.6) is 0 Å². The molecule has 1 rings (SSSR count). The maximum absolute atomic E-state index is 12.0. The molecule has 2 N–H and O–H groups in total. The first-order valence-electron chi connectivity index (χ1n) is 5.29. The summed E-state index contributed by atoms with van der Waals surface area (Å²) in [7, 11) is -1.21. The number of amides is 1. The summed E-state index contributed by atoms with van der Waals surface area (Å²) >= 11 is 0. The molecule has 106 valence electrons. The van der Waals surface area contributed by atoms with Crippen LogP contribution in [-0.4, -0.2) is 50.3 Å². The zero-order valence-corrected chi connectivity index (χ0v) is 11.2. The molecule has 0 aliphatic rings. The lowest BCUT2D eigenvalue weighted by Gasteiger charge is -2.14. The summed E-state index contributed by atoms with van der Waals surface area (Å²) in [4.78, 5) is 21.6. The zero-order chi connectivity index (χ0) is 14.6. The molecule has 0 saturated heterocycles. The molecule has 0 unspecified atom stereocenters. The van der Waals surface area contributed by atoms with E-state index >= 15 is 0 Å². The Morgan fingerprint density at radius 2 is 2.05 bits per heavy atom. The zero-order valence-electron chi connectivity index (χ0n) is 10.4. The molecule has 0 radical (unpaired) electrons. The van der Waals surface area contributed by atoms with Crippen molar-refractivity contribution in [1.29, 1.82) is 0 Å². The number of carbonyl (C=O) groups excluding carboxylic acids is 1. The molecule has 1 aromatic rings. The number of carboxylic acid groups (broad SMARTS) is 1. The second kappa shape index (κ2) is 5.85. The van der Waals surface area contributed by atoms with Crippen LogP contribution in [0.2, 0.25) is 0 Å². The predicted octanol–water partition coefficient (Wildman–Crippen LogP) is -0.266. The largest absolute Gasteiger partial charge is 0.475 e. The fraction of sp³-hybridized carbons (Fsp3) is 0.400. The van der Waals surface area contributed by atoms with Crippen molar-refractivity contribution in [1.82, 2.24) is 9.62 Å². The number of hydrogen-bond acceptors (Lipinski definition) is 5. The normalized spacial score (nSPS) is 11.5. The third-order valence-electron chi connectivity index (χ3n) is 2.39. The summed E-state index contributed by atoms with van der Waals surface area (Å²) in [5, 5.41) is 10.6. The van der Waals surface area contributed by atoms with Gasteiger partial charge in [0.2, 0.25) is 16.8 Å². The van der Waals surface area contributed by atoms with E-state index in [9.17, 15) is 18.0 Å². The Hall–Kier alpha value is -1.87. The highest BCUT2D eigenvalue weighted by Crippen LogP contribution is 2.17. The van der Waals surface area contributed by atoms with Crippen LogP contribution in [0.1, 0.15) is 17.0 Å². The molecule has 0 bridgehead atoms. The molecule has 0 aliphatic carbocycles. The molecule has 9 heteroatoms. The average Bonchev–Trinajstić information content (AvgIpc) is 2.85. The monoisotopic (exact) mass is 290 g/mol. The van der Waals surface area contributed by atoms with Crippen molar-refractivity contribution < 1.29 is 27.5 Å². The van der Waals surface area contributed by atoms with E-state index in [0.717, 1.165) is 16.4 Å². The number of furan rings is 1. The van der Waals surface area contributed by atoms with Gasteiger partial charge in [0.05, 0.1) is 0 Å². The van der Waals surface area contributed by atoms with Crippen molar-refractivity contribution >= 4 is 21.9 Å². The first-order chi connectivity index (χ1) is 8.78. The topological polar surface area (TPSA) is 117 Å². The fourth-order valence-corrected chi connectivity index (χ4v) is 2.31. The first kappa shape index (κ1) is 15.2. The molecule has 19 heavy (non-hydrogen) atoms. The lowest BCUT2D eigenvalue weighted by Crippen LogP contribution is -2.31. The molecule has 0 spiro atoms. The number of carboxylic acids is 1. The van der Waals surface area contributed by atoms with Crippen molar-refractivity contribution in [2.45, 2.75) is 11.5 Å². The van der Waals surface area contributed by atoms with Gasteiger partial charge < -0.3 is 14.8 Å². The Labute approximate surface area is 110 Å². The minimum absolute atomic E-state index is 0.00126. The van der Waals surface area contributed by atoms with Crippen LogP contribution in [0.25, 0.3) is 0 Å². The number of sulfonamides is 1. The number of rotatable bonds is 6. The minimum Gasteiger partial charge on any atom is -0.475 e. The van der Waals surface area contributed by atoms with Gasteiger partial charge in [-0.15, -0.1) is 0 Å². The van der Waals surface area contributed by atoms with Crippen LogP contribution in [0.4, 0.5) is 0 Å². The van der Waals surface area contributed by atoms with Crippen LogP contribution in [0.15, 0.2) is 21.6 Å². The Morgan fingerprint density at radius 1 is 1.42 bits per heavy atom. The Morgan fingerprint density at radius 3 is 2.53 bits per heavy atom. The lowest BCUT2D eigenvalue weighted by molar-refractivity contribution is -0.120. The van der Waals surface area contributed by atoms with Gasteiger partial charge in [0.25, 0.3) is 10.0 Å². The van der Waals surface area contributed by atoms with Crippen LogP contribution in [-0.2, 0) is 14.8 Å². The average molecular weight is 290 g/mol. The van der Waals surface area contributed by atoms with E-state index in [-0.39, 0.29) is 18.9 Å². The molecule has 1 aromatic heterocycles. The van der Waals surface area contributed by atoms with Gasteiger partial charge in [-0.05, 0) is 12.1 Å². The number of hydrogen-bond donors (Lipinski definition) is 2. The van der Waals surface area contributed by atoms with Crippen molar-refractivity contribution in [2.75, 3.05) is 20.6 Å². The van der Waals surface area contributed by atoms with Crippen LogP contribution < -0.4 is 5.32 Å². The molecule has 0 fully saturated rings. The summed E-state index contributed by atoms with van der Waals surface area (Å²) in [6.07, 6.45) is -0.00126. The molecule has 8 nitrogen and oxygen atoms in total. The van der Waals surface area contributed by atoms with Gasteiger partial charge in [-0.3, -0.25) is 4.79 Å². The van der Waals surface area contributed by atoms with E-state index < -0.39 is 26.8 Å². The number of aromatic carboxylic acids is 1. The highest BCUT2D eigenvalue weighted by Gasteiger charge is 2.26. The summed E-state index contributed by atoms with van der Waals surface area (Å²) in [5.41, 5.74) is 0. The van der Waals surface area contributed by atoms with E-state index in [2.05, 4.69) is 5.32 Å². The summed E-state index contributed by atoms with van der Waals surface area (Å²) in [6, 6.07) is 2.12. The highest BCUT2D eigenvalue weighted by atomic mass is 32.2. The van der Waals surface area contributed by atoms with Crippen molar-refractivity contribution in [2.24, 2.45) is 0 Å². The standard InChI is InChI=1S/C10H14N2O6S/c1-11-8(13)5-6-12(2)19(16,17)9-4-3-7(18-9)10(14)15/h3-4H,5-6H2,1-2H3,(H,11,13)(H,14,15). The Bertz CT molecular complexity index is 577. The number of carbonyl (C=O) groups is 2. The van der Waals surface area contributed by atoms with Crippen molar-refractivity contribution in [3.05, 3.63) is 17.9 Å². The quantitative estimate of drug-likeness (QED) is 0.745. The van der Waals surface area contributed by atoms with E-state index in [0.29, 0.717) is 0 Å². The van der Waals surface area contributed by atoms with Crippen molar-refractivity contribution in [3.8, 4) is 0 Å². The highest BCUT2D eigenvalue weighted by molar-refractivity contribution is 7.89. The number of nitrogens with zero attached hydrogens (tertiary/aromatic N) is 1. The van der Waals surface area contributed by atoms with Gasteiger partial charge in [-0.25, -0.2) is 13.2 Å². The van der Waals surface area contributed by atoms with Gasteiger partial charge >= 0.3 is 5.97 Å². The summed E-state index contributed by atoms with van der Waals surface area (Å²) in [5.74, 6) is -2.11. The molecule has 0 saturated carbocycles. The molecule has 0 aliphatic heterocycles. The molecule has 1 heterocycles. The van der Waals surface area contributed by atoms with Gasteiger partial charge in [0.1, 0.15) is 0 Å². The summed E-state index contributed by atoms with van der Waals surface area (Å²) < 4.78 is 29.6. The summed E-state index contributed by atoms with van der Waals surface area (Å²) in [6.45, 7) is -0.0366. The second-order valence-corrected chi connectivity index (χ2v) is 5.65. The second-order valence-electron chi connectivity index (χ2n) is 3.67. The van der Waals surface area contributed by atoms with Crippen molar-refractivity contribution in [3.63, 3.8) is 0 Å². The van der Waals surface area contributed by atoms with Gasteiger partial charge in [-0.1, -0.05) is 0 Å². The fourth-order valence-electron chi connectivity index (χ4n) is 1.23. The lowest BCUT2D eigenvalue weighted by atomic mass is 10.4. The van der Waals surface area contributed by atoms with E-state index in [1.807, 2.05) is 0 Å². The SMILES string of the molecule is CNC(=O)CCN(C)S(=O)(=O)c1ccc(C(=O)O)o1. The maximum atomic E-state index is 12.0. The Balaban J connectivity index is 2.84. The Kier molecular flexibility index (Phi) is 4.67. The first-order valence-corrected chi connectivity index (χ1v) is 6.73. The molecule has 0 atom stereocenters. The smallest absolute Gasteiger partial charge is 0.371 e.